The van der Waals surface area contributed by atoms with Crippen LogP contribution < -0.4 is 10.2 Å². The van der Waals surface area contributed by atoms with Gasteiger partial charge in [-0.3, -0.25) is 9.69 Å². The van der Waals surface area contributed by atoms with Gasteiger partial charge in [0.2, 0.25) is 5.91 Å². The lowest BCUT2D eigenvalue weighted by Crippen LogP contribution is -2.45. The summed E-state index contributed by atoms with van der Waals surface area (Å²) in [6.07, 6.45) is 14.9. The second-order valence-electron chi connectivity index (χ2n) is 9.82. The van der Waals surface area contributed by atoms with Crippen LogP contribution in [0.4, 0.5) is 5.69 Å². The number of amides is 1. The van der Waals surface area contributed by atoms with Crippen LogP contribution in [0.3, 0.4) is 0 Å². The van der Waals surface area contributed by atoms with E-state index in [1.54, 1.807) is 6.92 Å². The molecule has 6 heteroatoms. The molecule has 2 fully saturated rings. The molecule has 1 amide bonds. The third-order valence-corrected chi connectivity index (χ3v) is 7.67. The van der Waals surface area contributed by atoms with E-state index in [4.69, 9.17) is 0 Å². The molecule has 1 aromatic carbocycles. The number of carbonyl (C=O) groups is 2. The van der Waals surface area contributed by atoms with Crippen molar-refractivity contribution in [3.63, 3.8) is 0 Å². The third-order valence-electron chi connectivity index (χ3n) is 7.12. The monoisotopic (exact) mass is 460 g/mol. The fourth-order valence-electron chi connectivity index (χ4n) is 5.24. The summed E-state index contributed by atoms with van der Waals surface area (Å²) in [6.45, 7) is 3.72. The summed E-state index contributed by atoms with van der Waals surface area (Å²) in [4.78, 5) is 25.1. The highest BCUT2D eigenvalue weighted by Crippen LogP contribution is 2.34. The van der Waals surface area contributed by atoms with Gasteiger partial charge in [-0.15, -0.1) is 0 Å². The van der Waals surface area contributed by atoms with Gasteiger partial charge in [0.25, 0.3) is 0 Å². The van der Waals surface area contributed by atoms with E-state index in [1.165, 1.54) is 69.1 Å². The number of hydrogen-bond donors (Lipinski definition) is 3. The molecule has 2 aliphatic carbocycles. The molecule has 0 saturated heterocycles. The van der Waals surface area contributed by atoms with E-state index in [9.17, 15) is 14.7 Å². The van der Waals surface area contributed by atoms with Crippen molar-refractivity contribution in [3.8, 4) is 0 Å². The van der Waals surface area contributed by atoms with Gasteiger partial charge >= 0.3 is 5.97 Å². The maximum Gasteiger partial charge on any atom is 0.327 e. The number of aryl methyl sites for hydroxylation is 1. The Bertz CT molecular complexity index is 756. The van der Waals surface area contributed by atoms with Crippen molar-refractivity contribution in [2.75, 3.05) is 10.7 Å². The number of aliphatic carboxylic acids is 1. The van der Waals surface area contributed by atoms with Gasteiger partial charge in [-0.2, -0.15) is 12.6 Å². The molecular weight excluding hydrogens is 420 g/mol. The molecule has 3 aliphatic rings. The molecule has 0 spiro atoms. The third kappa shape index (κ3) is 6.50. The molecular formula is C26H40N2O3S. The van der Waals surface area contributed by atoms with Crippen molar-refractivity contribution in [1.82, 2.24) is 5.32 Å². The summed E-state index contributed by atoms with van der Waals surface area (Å²) in [5, 5.41) is 13.2. The lowest BCUT2D eigenvalue weighted by molar-refractivity contribution is -0.140. The molecule has 0 aromatic heterocycles. The van der Waals surface area contributed by atoms with E-state index in [-0.39, 0.29) is 11.8 Å². The maximum atomic E-state index is 12.4. The lowest BCUT2D eigenvalue weighted by atomic mass is 9.91. The molecule has 1 aliphatic heterocycles. The average molecular weight is 461 g/mol. The van der Waals surface area contributed by atoms with Crippen LogP contribution in [0, 0.1) is 12.8 Å². The van der Waals surface area contributed by atoms with Gasteiger partial charge in [-0.25, -0.2) is 4.79 Å². The number of rotatable bonds is 5. The predicted molar refractivity (Wildman–Crippen MR) is 134 cm³/mol. The van der Waals surface area contributed by atoms with Gasteiger partial charge < -0.3 is 10.4 Å². The van der Waals surface area contributed by atoms with Crippen molar-refractivity contribution in [3.05, 3.63) is 29.3 Å². The fraction of sp³-hybridized carbons (Fsp3) is 0.692. The van der Waals surface area contributed by atoms with E-state index < -0.39 is 12.0 Å². The molecule has 1 heterocycles. The topological polar surface area (TPSA) is 69.6 Å². The van der Waals surface area contributed by atoms with E-state index >= 15 is 0 Å². The number of carboxylic acid groups (broad SMARTS) is 1. The maximum absolute atomic E-state index is 12.4. The molecule has 2 atom stereocenters. The first kappa shape index (κ1) is 25.1. The Morgan fingerprint density at radius 3 is 2.12 bits per heavy atom. The van der Waals surface area contributed by atoms with Gasteiger partial charge in [0.1, 0.15) is 6.04 Å². The first-order chi connectivity index (χ1) is 15.4. The Hall–Kier alpha value is -1.53. The number of nitrogens with one attached hydrogen (secondary N) is 1. The summed E-state index contributed by atoms with van der Waals surface area (Å²) < 4.78 is 0. The SMILES string of the molecule is C1CCC(NC2CCCCC2)CC1.Cc1ccc2c(c1)CC(C(=O)O)N2C(=O)C(C)CS. The van der Waals surface area contributed by atoms with Gasteiger partial charge in [-0.05, 0) is 44.2 Å². The highest BCUT2D eigenvalue weighted by molar-refractivity contribution is 7.80. The second kappa shape index (κ2) is 12.1. The molecule has 178 valence electrons. The van der Waals surface area contributed by atoms with Gasteiger partial charge in [0.15, 0.2) is 0 Å². The van der Waals surface area contributed by atoms with Crippen molar-refractivity contribution < 1.29 is 14.7 Å². The number of hydrogen-bond acceptors (Lipinski definition) is 4. The molecule has 2 unspecified atom stereocenters. The molecule has 1 aromatic rings. The van der Waals surface area contributed by atoms with Crippen molar-refractivity contribution in [1.29, 1.82) is 0 Å². The van der Waals surface area contributed by atoms with Crippen LogP contribution in [-0.2, 0) is 16.0 Å². The van der Waals surface area contributed by atoms with Crippen LogP contribution in [0.2, 0.25) is 0 Å². The van der Waals surface area contributed by atoms with Crippen LogP contribution in [0.1, 0.15) is 82.3 Å². The number of carboxylic acids is 1. The Morgan fingerprint density at radius 1 is 1.06 bits per heavy atom. The van der Waals surface area contributed by atoms with E-state index in [1.807, 2.05) is 25.1 Å². The number of thiol groups is 1. The number of carbonyl (C=O) groups excluding carboxylic acids is 1. The Morgan fingerprint density at radius 2 is 1.62 bits per heavy atom. The van der Waals surface area contributed by atoms with E-state index in [0.29, 0.717) is 12.2 Å². The average Bonchev–Trinajstić information content (AvgIpc) is 3.18. The predicted octanol–water partition coefficient (Wildman–Crippen LogP) is 5.14. The van der Waals surface area contributed by atoms with Crippen molar-refractivity contribution in [2.45, 2.75) is 103 Å². The minimum Gasteiger partial charge on any atom is -0.480 e. The van der Waals surface area contributed by atoms with Crippen LogP contribution in [0.5, 0.6) is 0 Å². The van der Waals surface area contributed by atoms with Crippen LogP contribution in [0.15, 0.2) is 18.2 Å². The first-order valence-electron chi connectivity index (χ1n) is 12.4. The van der Waals surface area contributed by atoms with Gasteiger partial charge in [-0.1, -0.05) is 63.1 Å². The summed E-state index contributed by atoms with van der Waals surface area (Å²) in [5.74, 6) is -1.03. The van der Waals surface area contributed by atoms with Gasteiger partial charge in [0, 0.05) is 35.9 Å². The quantitative estimate of drug-likeness (QED) is 0.532. The smallest absolute Gasteiger partial charge is 0.327 e. The standard InChI is InChI=1S/C14H17NO3S.C12H23N/c1-8-3-4-11-10(5-8)6-12(14(17)18)15(11)13(16)9(2)7-19;1-3-7-11(8-4-1)13-12-9-5-2-6-10-12/h3-5,9,12,19H,6-7H2,1-2H3,(H,17,18);11-13H,1-10H2. The minimum absolute atomic E-state index is 0.176. The van der Waals surface area contributed by atoms with Gasteiger partial charge in [0.05, 0.1) is 0 Å². The second-order valence-corrected chi connectivity index (χ2v) is 10.2. The molecule has 32 heavy (non-hydrogen) atoms. The zero-order valence-corrected chi connectivity index (χ0v) is 20.6. The number of fused-ring (bicyclic) bond motifs is 1. The number of nitrogens with zero attached hydrogens (tertiary/aromatic N) is 1. The minimum atomic E-state index is -0.964. The summed E-state index contributed by atoms with van der Waals surface area (Å²) in [5.41, 5.74) is 2.71. The summed E-state index contributed by atoms with van der Waals surface area (Å²) in [6, 6.07) is 6.62. The van der Waals surface area contributed by atoms with Crippen LogP contribution in [0.25, 0.3) is 0 Å². The van der Waals surface area contributed by atoms with Crippen molar-refractivity contribution >= 4 is 30.2 Å². The number of anilines is 1. The highest BCUT2D eigenvalue weighted by atomic mass is 32.1. The fourth-order valence-corrected chi connectivity index (χ4v) is 5.39. The zero-order valence-electron chi connectivity index (χ0n) is 19.7. The Kier molecular flexibility index (Phi) is 9.47. The largest absolute Gasteiger partial charge is 0.480 e. The molecule has 0 bridgehead atoms. The number of benzene rings is 1. The Balaban J connectivity index is 0.000000193. The molecule has 2 saturated carbocycles. The first-order valence-corrected chi connectivity index (χ1v) is 13.1. The molecule has 5 nitrogen and oxygen atoms in total. The molecule has 4 rings (SSSR count). The zero-order chi connectivity index (χ0) is 23.1. The van der Waals surface area contributed by atoms with E-state index in [2.05, 4.69) is 17.9 Å². The highest BCUT2D eigenvalue weighted by Gasteiger charge is 2.39. The van der Waals surface area contributed by atoms with Crippen LogP contribution >= 0.6 is 12.6 Å². The van der Waals surface area contributed by atoms with Crippen LogP contribution in [-0.4, -0.2) is 40.9 Å². The van der Waals surface area contributed by atoms with E-state index in [0.717, 1.165) is 28.9 Å². The Labute approximate surface area is 198 Å². The lowest BCUT2D eigenvalue weighted by Gasteiger charge is -2.30. The molecule has 2 N–H and O–H groups in total. The summed E-state index contributed by atoms with van der Waals surface area (Å²) in [7, 11) is 0. The summed E-state index contributed by atoms with van der Waals surface area (Å²) >= 11 is 4.12. The van der Waals surface area contributed by atoms with Crippen molar-refractivity contribution in [2.24, 2.45) is 5.92 Å². The normalized spacial score (nSPS) is 22.6. The molecule has 0 radical (unpaired) electrons.